The zero-order chi connectivity index (χ0) is 14.1. The van der Waals surface area contributed by atoms with Crippen molar-refractivity contribution in [1.29, 1.82) is 0 Å². The molecule has 0 aliphatic heterocycles. The van der Waals surface area contributed by atoms with Crippen LogP contribution in [0.2, 0.25) is 0 Å². The molecule has 1 amide bonds. The summed E-state index contributed by atoms with van der Waals surface area (Å²) in [6, 6.07) is -2.05. The van der Waals surface area contributed by atoms with Crippen LogP contribution in [0.15, 0.2) is 0 Å². The van der Waals surface area contributed by atoms with E-state index in [9.17, 15) is 14.4 Å². The van der Waals surface area contributed by atoms with Crippen LogP contribution in [0.5, 0.6) is 0 Å². The highest BCUT2D eigenvalue weighted by molar-refractivity contribution is 7.98. The number of thioether (sulfide) groups is 1. The molecule has 2 atom stereocenters. The SMILES string of the molecule is CSCC[C@H](NC(=O)CC[C@H](N)C(=O)O)C(=O)O. The second kappa shape index (κ2) is 8.76. The van der Waals surface area contributed by atoms with Gasteiger partial charge in [-0.15, -0.1) is 0 Å². The van der Waals surface area contributed by atoms with Crippen LogP contribution in [0.1, 0.15) is 19.3 Å². The monoisotopic (exact) mass is 278 g/mol. The van der Waals surface area contributed by atoms with Crippen molar-refractivity contribution >= 4 is 29.6 Å². The van der Waals surface area contributed by atoms with Crippen LogP contribution in [0.3, 0.4) is 0 Å². The van der Waals surface area contributed by atoms with E-state index in [2.05, 4.69) is 5.32 Å². The van der Waals surface area contributed by atoms with Gasteiger partial charge in [0.25, 0.3) is 0 Å². The molecule has 8 heteroatoms. The molecule has 0 bridgehead atoms. The van der Waals surface area contributed by atoms with Gasteiger partial charge in [-0.05, 0) is 24.9 Å². The molecule has 5 N–H and O–H groups in total. The molecule has 7 nitrogen and oxygen atoms in total. The van der Waals surface area contributed by atoms with Gasteiger partial charge >= 0.3 is 11.9 Å². The quantitative estimate of drug-likeness (QED) is 0.447. The fraction of sp³-hybridized carbons (Fsp3) is 0.700. The zero-order valence-corrected chi connectivity index (χ0v) is 10.9. The Kier molecular flexibility index (Phi) is 8.14. The number of rotatable bonds is 9. The van der Waals surface area contributed by atoms with E-state index in [0.29, 0.717) is 12.2 Å². The van der Waals surface area contributed by atoms with Crippen LogP contribution in [0.4, 0.5) is 0 Å². The molecular weight excluding hydrogens is 260 g/mol. The number of amides is 1. The van der Waals surface area contributed by atoms with E-state index in [1.54, 1.807) is 0 Å². The van der Waals surface area contributed by atoms with Gasteiger partial charge in [0, 0.05) is 6.42 Å². The van der Waals surface area contributed by atoms with E-state index in [0.717, 1.165) is 0 Å². The predicted molar refractivity (Wildman–Crippen MR) is 67.4 cm³/mol. The first-order valence-electron chi connectivity index (χ1n) is 5.38. The lowest BCUT2D eigenvalue weighted by atomic mass is 10.1. The molecule has 0 aromatic carbocycles. The van der Waals surface area contributed by atoms with Gasteiger partial charge in [-0.3, -0.25) is 9.59 Å². The Labute approximate surface area is 109 Å². The summed E-state index contributed by atoms with van der Waals surface area (Å²) in [6.07, 6.45) is 2.05. The number of carboxylic acid groups (broad SMARTS) is 2. The fourth-order valence-electron chi connectivity index (χ4n) is 1.17. The van der Waals surface area contributed by atoms with Crippen LogP contribution < -0.4 is 11.1 Å². The highest BCUT2D eigenvalue weighted by atomic mass is 32.2. The van der Waals surface area contributed by atoms with Gasteiger partial charge in [-0.1, -0.05) is 0 Å². The molecule has 0 radical (unpaired) electrons. The van der Waals surface area contributed by atoms with Gasteiger partial charge in [0.05, 0.1) is 0 Å². The molecule has 0 saturated carbocycles. The first-order chi connectivity index (χ1) is 8.38. The fourth-order valence-corrected chi connectivity index (χ4v) is 1.64. The molecule has 0 fully saturated rings. The molecule has 0 aliphatic rings. The van der Waals surface area contributed by atoms with Gasteiger partial charge in [-0.25, -0.2) is 4.79 Å². The minimum absolute atomic E-state index is 0.0178. The maximum Gasteiger partial charge on any atom is 0.326 e. The molecule has 0 heterocycles. The van der Waals surface area contributed by atoms with E-state index in [4.69, 9.17) is 15.9 Å². The second-order valence-electron chi connectivity index (χ2n) is 3.72. The van der Waals surface area contributed by atoms with E-state index < -0.39 is 29.9 Å². The molecular formula is C10H18N2O5S. The maximum atomic E-state index is 11.4. The minimum Gasteiger partial charge on any atom is -0.480 e. The topological polar surface area (TPSA) is 130 Å². The number of aliphatic carboxylic acids is 2. The maximum absolute atomic E-state index is 11.4. The molecule has 0 aromatic heterocycles. The first-order valence-corrected chi connectivity index (χ1v) is 6.77. The number of carboxylic acids is 2. The summed E-state index contributed by atoms with van der Waals surface area (Å²) in [7, 11) is 0. The van der Waals surface area contributed by atoms with E-state index in [1.165, 1.54) is 11.8 Å². The van der Waals surface area contributed by atoms with Gasteiger partial charge < -0.3 is 21.3 Å². The second-order valence-corrected chi connectivity index (χ2v) is 4.71. The van der Waals surface area contributed by atoms with Crippen molar-refractivity contribution in [3.63, 3.8) is 0 Å². The third kappa shape index (κ3) is 7.13. The number of carbonyl (C=O) groups is 3. The molecule has 0 saturated heterocycles. The van der Waals surface area contributed by atoms with Gasteiger partial charge in [0.15, 0.2) is 0 Å². The average molecular weight is 278 g/mol. The Bertz CT molecular complexity index is 311. The van der Waals surface area contributed by atoms with E-state index >= 15 is 0 Å². The zero-order valence-electron chi connectivity index (χ0n) is 10.1. The van der Waals surface area contributed by atoms with Crippen molar-refractivity contribution < 1.29 is 24.6 Å². The normalized spacial score (nSPS) is 13.7. The van der Waals surface area contributed by atoms with Crippen molar-refractivity contribution in [2.45, 2.75) is 31.3 Å². The Morgan fingerprint density at radius 1 is 1.22 bits per heavy atom. The van der Waals surface area contributed by atoms with Crippen molar-refractivity contribution in [2.75, 3.05) is 12.0 Å². The van der Waals surface area contributed by atoms with Crippen molar-refractivity contribution in [1.82, 2.24) is 5.32 Å². The summed E-state index contributed by atoms with van der Waals surface area (Å²) in [5.74, 6) is -2.16. The van der Waals surface area contributed by atoms with Crippen LogP contribution >= 0.6 is 11.8 Å². The van der Waals surface area contributed by atoms with Crippen molar-refractivity contribution in [3.05, 3.63) is 0 Å². The van der Waals surface area contributed by atoms with Crippen LogP contribution in [0.25, 0.3) is 0 Å². The third-order valence-corrected chi connectivity index (χ3v) is 2.89. The molecule has 0 unspecified atom stereocenters. The Morgan fingerprint density at radius 3 is 2.28 bits per heavy atom. The summed E-state index contributed by atoms with van der Waals surface area (Å²) in [4.78, 5) is 32.7. The van der Waals surface area contributed by atoms with Crippen LogP contribution in [0, 0.1) is 0 Å². The standard InChI is InChI=1S/C10H18N2O5S/c1-18-5-4-7(10(16)17)12-8(13)3-2-6(11)9(14)15/h6-7H,2-5,11H2,1H3,(H,12,13)(H,14,15)(H,16,17)/t6-,7-/m0/s1. The first kappa shape index (κ1) is 16.7. The van der Waals surface area contributed by atoms with Gasteiger partial charge in [-0.2, -0.15) is 11.8 Å². The summed E-state index contributed by atoms with van der Waals surface area (Å²) >= 11 is 1.48. The van der Waals surface area contributed by atoms with Gasteiger partial charge in [0.2, 0.25) is 5.91 Å². The highest BCUT2D eigenvalue weighted by Gasteiger charge is 2.20. The van der Waals surface area contributed by atoms with Crippen LogP contribution in [-0.4, -0.2) is 52.2 Å². The number of nitrogens with two attached hydrogens (primary N) is 1. The lowest BCUT2D eigenvalue weighted by Crippen LogP contribution is -2.42. The summed E-state index contributed by atoms with van der Waals surface area (Å²) in [5, 5.41) is 19.7. The highest BCUT2D eigenvalue weighted by Crippen LogP contribution is 2.02. The molecule has 0 rings (SSSR count). The number of nitrogens with one attached hydrogen (secondary N) is 1. The number of hydrogen-bond acceptors (Lipinski definition) is 5. The Morgan fingerprint density at radius 2 is 1.83 bits per heavy atom. The average Bonchev–Trinajstić information content (AvgIpc) is 2.30. The molecule has 18 heavy (non-hydrogen) atoms. The lowest BCUT2D eigenvalue weighted by Gasteiger charge is -2.14. The van der Waals surface area contributed by atoms with E-state index in [1.807, 2.05) is 6.26 Å². The van der Waals surface area contributed by atoms with Crippen LogP contribution in [-0.2, 0) is 14.4 Å². The van der Waals surface area contributed by atoms with Gasteiger partial charge in [0.1, 0.15) is 12.1 Å². The predicted octanol–water partition coefficient (Wildman–Crippen LogP) is -0.499. The largest absolute Gasteiger partial charge is 0.480 e. The van der Waals surface area contributed by atoms with Crippen molar-refractivity contribution in [2.24, 2.45) is 5.73 Å². The van der Waals surface area contributed by atoms with E-state index in [-0.39, 0.29) is 12.8 Å². The van der Waals surface area contributed by atoms with Crippen molar-refractivity contribution in [3.8, 4) is 0 Å². The summed E-state index contributed by atoms with van der Waals surface area (Å²) < 4.78 is 0. The number of carbonyl (C=O) groups excluding carboxylic acids is 1. The lowest BCUT2D eigenvalue weighted by molar-refractivity contribution is -0.142. The smallest absolute Gasteiger partial charge is 0.326 e. The molecule has 0 spiro atoms. The molecule has 0 aliphatic carbocycles. The molecule has 0 aromatic rings. The Hall–Kier alpha value is -1.28. The summed E-state index contributed by atoms with van der Waals surface area (Å²) in [6.45, 7) is 0. The number of hydrogen-bond donors (Lipinski definition) is 4. The summed E-state index contributed by atoms with van der Waals surface area (Å²) in [5.41, 5.74) is 5.24. The Balaban J connectivity index is 4.09. The molecule has 104 valence electrons. The third-order valence-electron chi connectivity index (χ3n) is 2.24. The minimum atomic E-state index is -1.18.